The third-order valence-corrected chi connectivity index (χ3v) is 4.82. The number of rotatable bonds is 5. The van der Waals surface area contributed by atoms with E-state index in [0.717, 1.165) is 41.6 Å². The summed E-state index contributed by atoms with van der Waals surface area (Å²) >= 11 is 6.04. The lowest BCUT2D eigenvalue weighted by Crippen LogP contribution is -2.30. The molecule has 128 valence electrons. The molecule has 4 rings (SSSR count). The van der Waals surface area contributed by atoms with Crippen molar-refractivity contribution in [1.29, 1.82) is 0 Å². The second kappa shape index (κ2) is 7.40. The Labute approximate surface area is 152 Å². The van der Waals surface area contributed by atoms with Crippen molar-refractivity contribution in [3.8, 4) is 16.9 Å². The lowest BCUT2D eigenvalue weighted by Gasteiger charge is -2.11. The standard InChI is InChI=1S/C20H21ClN4/c21-17-8-6-15(7-9-17)20-16(12-23-18-10-11-22-13-18)14-25(24-20)19-4-2-1-3-5-19/h1-9,14,18,22-23H,10-13H2. The van der Waals surface area contributed by atoms with E-state index in [1.165, 1.54) is 12.0 Å². The van der Waals surface area contributed by atoms with Gasteiger partial charge in [-0.1, -0.05) is 41.9 Å². The molecule has 0 aliphatic carbocycles. The second-order valence-electron chi connectivity index (χ2n) is 6.36. The van der Waals surface area contributed by atoms with Gasteiger partial charge in [0.15, 0.2) is 0 Å². The summed E-state index contributed by atoms with van der Waals surface area (Å²) in [5.41, 5.74) is 4.34. The molecule has 4 nitrogen and oxygen atoms in total. The van der Waals surface area contributed by atoms with Gasteiger partial charge in [0.2, 0.25) is 0 Å². The Hall–Kier alpha value is -2.14. The third kappa shape index (κ3) is 3.76. The van der Waals surface area contributed by atoms with Crippen LogP contribution in [0.3, 0.4) is 0 Å². The van der Waals surface area contributed by atoms with E-state index in [-0.39, 0.29) is 0 Å². The molecule has 5 heteroatoms. The molecular weight excluding hydrogens is 332 g/mol. The molecule has 1 aliphatic rings. The van der Waals surface area contributed by atoms with Crippen molar-refractivity contribution in [3.63, 3.8) is 0 Å². The van der Waals surface area contributed by atoms with Gasteiger partial charge in [-0.15, -0.1) is 0 Å². The lowest BCUT2D eigenvalue weighted by atomic mass is 10.1. The molecule has 25 heavy (non-hydrogen) atoms. The van der Waals surface area contributed by atoms with Crippen LogP contribution in [0.15, 0.2) is 60.8 Å². The average Bonchev–Trinajstić information content (AvgIpc) is 3.31. The Morgan fingerprint density at radius 3 is 2.64 bits per heavy atom. The monoisotopic (exact) mass is 352 g/mol. The predicted octanol–water partition coefficient (Wildman–Crippen LogP) is 3.64. The highest BCUT2D eigenvalue weighted by Crippen LogP contribution is 2.25. The van der Waals surface area contributed by atoms with Crippen LogP contribution < -0.4 is 10.6 Å². The van der Waals surface area contributed by atoms with Crippen molar-refractivity contribution in [3.05, 3.63) is 71.4 Å². The first-order valence-electron chi connectivity index (χ1n) is 8.63. The first-order chi connectivity index (χ1) is 12.3. The maximum absolute atomic E-state index is 6.04. The van der Waals surface area contributed by atoms with Crippen LogP contribution in [0.1, 0.15) is 12.0 Å². The second-order valence-corrected chi connectivity index (χ2v) is 6.80. The minimum atomic E-state index is 0.526. The molecule has 1 saturated heterocycles. The van der Waals surface area contributed by atoms with Crippen molar-refractivity contribution in [2.45, 2.75) is 19.0 Å². The Morgan fingerprint density at radius 1 is 1.12 bits per heavy atom. The summed E-state index contributed by atoms with van der Waals surface area (Å²) in [6, 6.07) is 18.6. The number of halogens is 1. The fourth-order valence-electron chi connectivity index (χ4n) is 3.19. The van der Waals surface area contributed by atoms with E-state index in [0.29, 0.717) is 6.04 Å². The van der Waals surface area contributed by atoms with Crippen LogP contribution in [-0.2, 0) is 6.54 Å². The summed E-state index contributed by atoms with van der Waals surface area (Å²) in [5, 5.41) is 12.6. The van der Waals surface area contributed by atoms with Gasteiger partial charge in [0.25, 0.3) is 0 Å². The van der Waals surface area contributed by atoms with Crippen LogP contribution in [0, 0.1) is 0 Å². The van der Waals surface area contributed by atoms with E-state index in [4.69, 9.17) is 16.7 Å². The fraction of sp³-hybridized carbons (Fsp3) is 0.250. The zero-order chi connectivity index (χ0) is 17.1. The maximum atomic E-state index is 6.04. The number of para-hydroxylation sites is 1. The Balaban J connectivity index is 1.66. The Morgan fingerprint density at radius 2 is 1.92 bits per heavy atom. The fourth-order valence-corrected chi connectivity index (χ4v) is 3.31. The molecule has 0 spiro atoms. The van der Waals surface area contributed by atoms with E-state index in [1.54, 1.807) is 0 Å². The van der Waals surface area contributed by atoms with E-state index >= 15 is 0 Å². The van der Waals surface area contributed by atoms with Crippen molar-refractivity contribution in [1.82, 2.24) is 20.4 Å². The van der Waals surface area contributed by atoms with Crippen molar-refractivity contribution in [2.75, 3.05) is 13.1 Å². The molecule has 0 amide bonds. The molecule has 2 heterocycles. The smallest absolute Gasteiger partial charge is 0.0972 e. The summed E-state index contributed by atoms with van der Waals surface area (Å²) in [4.78, 5) is 0. The van der Waals surface area contributed by atoms with E-state index in [2.05, 4.69) is 29.0 Å². The van der Waals surface area contributed by atoms with Crippen molar-refractivity contribution in [2.24, 2.45) is 0 Å². The highest BCUT2D eigenvalue weighted by atomic mass is 35.5. The zero-order valence-electron chi connectivity index (χ0n) is 14.0. The molecule has 0 saturated carbocycles. The molecule has 1 aliphatic heterocycles. The number of hydrogen-bond donors (Lipinski definition) is 2. The summed E-state index contributed by atoms with van der Waals surface area (Å²) in [7, 11) is 0. The molecule has 1 fully saturated rings. The molecule has 1 aromatic heterocycles. The quantitative estimate of drug-likeness (QED) is 0.736. The largest absolute Gasteiger partial charge is 0.315 e. The number of nitrogens with one attached hydrogen (secondary N) is 2. The molecule has 0 radical (unpaired) electrons. The van der Waals surface area contributed by atoms with Gasteiger partial charge in [0, 0.05) is 41.5 Å². The molecule has 1 unspecified atom stereocenters. The van der Waals surface area contributed by atoms with E-state index < -0.39 is 0 Å². The zero-order valence-corrected chi connectivity index (χ0v) is 14.7. The van der Waals surface area contributed by atoms with Crippen molar-refractivity contribution >= 4 is 11.6 Å². The van der Waals surface area contributed by atoms with Gasteiger partial charge in [-0.25, -0.2) is 4.68 Å². The van der Waals surface area contributed by atoms with Crippen LogP contribution in [0.2, 0.25) is 5.02 Å². The van der Waals surface area contributed by atoms with Gasteiger partial charge in [-0.2, -0.15) is 5.10 Å². The first-order valence-corrected chi connectivity index (χ1v) is 9.01. The molecular formula is C20H21ClN4. The molecule has 3 aromatic rings. The molecule has 2 N–H and O–H groups in total. The van der Waals surface area contributed by atoms with E-state index in [1.807, 2.05) is 47.1 Å². The predicted molar refractivity (Wildman–Crippen MR) is 102 cm³/mol. The van der Waals surface area contributed by atoms with Crippen LogP contribution in [0.4, 0.5) is 0 Å². The lowest BCUT2D eigenvalue weighted by molar-refractivity contribution is 0.548. The molecule has 1 atom stereocenters. The minimum Gasteiger partial charge on any atom is -0.315 e. The van der Waals surface area contributed by atoms with Crippen LogP contribution in [0.25, 0.3) is 16.9 Å². The number of hydrogen-bond acceptors (Lipinski definition) is 3. The van der Waals surface area contributed by atoms with Gasteiger partial charge in [0.1, 0.15) is 0 Å². The van der Waals surface area contributed by atoms with Crippen LogP contribution >= 0.6 is 11.6 Å². The Kier molecular flexibility index (Phi) is 4.83. The van der Waals surface area contributed by atoms with Crippen molar-refractivity contribution < 1.29 is 0 Å². The third-order valence-electron chi connectivity index (χ3n) is 4.57. The van der Waals surface area contributed by atoms with Gasteiger partial charge in [0.05, 0.1) is 11.4 Å². The van der Waals surface area contributed by atoms with Crippen LogP contribution in [0.5, 0.6) is 0 Å². The Bertz CT molecular complexity index is 821. The van der Waals surface area contributed by atoms with Gasteiger partial charge in [-0.05, 0) is 37.2 Å². The van der Waals surface area contributed by atoms with Gasteiger partial charge >= 0.3 is 0 Å². The number of nitrogens with zero attached hydrogens (tertiary/aromatic N) is 2. The van der Waals surface area contributed by atoms with E-state index in [9.17, 15) is 0 Å². The summed E-state index contributed by atoms with van der Waals surface area (Å²) in [6.07, 6.45) is 3.29. The number of aromatic nitrogens is 2. The molecule has 0 bridgehead atoms. The minimum absolute atomic E-state index is 0.526. The SMILES string of the molecule is Clc1ccc(-c2nn(-c3ccccc3)cc2CNC2CCNC2)cc1. The summed E-state index contributed by atoms with van der Waals surface area (Å²) in [5.74, 6) is 0. The van der Waals surface area contributed by atoms with Crippen LogP contribution in [-0.4, -0.2) is 28.9 Å². The highest BCUT2D eigenvalue weighted by molar-refractivity contribution is 6.30. The molecule has 2 aromatic carbocycles. The summed E-state index contributed by atoms with van der Waals surface area (Å²) in [6.45, 7) is 2.92. The normalized spacial score (nSPS) is 17.1. The van der Waals surface area contributed by atoms with Gasteiger partial charge < -0.3 is 10.6 Å². The maximum Gasteiger partial charge on any atom is 0.0972 e. The average molecular weight is 353 g/mol. The highest BCUT2D eigenvalue weighted by Gasteiger charge is 2.17. The summed E-state index contributed by atoms with van der Waals surface area (Å²) < 4.78 is 1.95. The number of benzene rings is 2. The topological polar surface area (TPSA) is 41.9 Å². The van der Waals surface area contributed by atoms with Gasteiger partial charge in [-0.3, -0.25) is 0 Å². The first kappa shape index (κ1) is 16.3.